The third-order valence-corrected chi connectivity index (χ3v) is 6.72. The molecule has 154 valence electrons. The molecule has 3 rings (SSSR count). The molecule has 6 heteroatoms. The number of hydrogen-bond acceptors (Lipinski definition) is 4. The summed E-state index contributed by atoms with van der Waals surface area (Å²) in [4.78, 5) is 31.7. The van der Waals surface area contributed by atoms with Gasteiger partial charge in [-0.3, -0.25) is 19.4 Å². The van der Waals surface area contributed by atoms with Crippen LogP contribution in [0.2, 0.25) is 0 Å². The van der Waals surface area contributed by atoms with Gasteiger partial charge in [-0.05, 0) is 32.1 Å². The quantitative estimate of drug-likeness (QED) is 0.733. The lowest BCUT2D eigenvalue weighted by atomic mass is 9.91. The number of rotatable bonds is 7. The van der Waals surface area contributed by atoms with Crippen molar-refractivity contribution < 1.29 is 9.59 Å². The maximum absolute atomic E-state index is 12.6. The van der Waals surface area contributed by atoms with E-state index < -0.39 is 0 Å². The zero-order valence-electron chi connectivity index (χ0n) is 17.3. The maximum atomic E-state index is 12.6. The Morgan fingerprint density at radius 1 is 1.00 bits per heavy atom. The average molecular weight is 379 g/mol. The Balaban J connectivity index is 1.33. The summed E-state index contributed by atoms with van der Waals surface area (Å²) < 4.78 is 0. The van der Waals surface area contributed by atoms with Crippen LogP contribution in [0.3, 0.4) is 0 Å². The number of hydrogen-bond donors (Lipinski definition) is 1. The van der Waals surface area contributed by atoms with Crippen molar-refractivity contribution in [2.45, 2.75) is 70.9 Å². The number of piperidine rings is 1. The summed E-state index contributed by atoms with van der Waals surface area (Å²) in [5.74, 6) is 0.575. The van der Waals surface area contributed by atoms with E-state index >= 15 is 0 Å². The topological polar surface area (TPSA) is 55.9 Å². The smallest absolute Gasteiger partial charge is 0.236 e. The Morgan fingerprint density at radius 3 is 2.22 bits per heavy atom. The highest BCUT2D eigenvalue weighted by Gasteiger charge is 2.30. The molecule has 3 fully saturated rings. The lowest BCUT2D eigenvalue weighted by Gasteiger charge is -2.43. The van der Waals surface area contributed by atoms with Gasteiger partial charge in [-0.2, -0.15) is 0 Å². The van der Waals surface area contributed by atoms with E-state index in [-0.39, 0.29) is 23.8 Å². The van der Waals surface area contributed by atoms with E-state index in [0.29, 0.717) is 6.54 Å². The third kappa shape index (κ3) is 5.67. The molecule has 1 saturated carbocycles. The van der Waals surface area contributed by atoms with Gasteiger partial charge in [0.15, 0.2) is 0 Å². The van der Waals surface area contributed by atoms with Crippen molar-refractivity contribution in [1.29, 1.82) is 0 Å². The van der Waals surface area contributed by atoms with E-state index in [0.717, 1.165) is 71.0 Å². The van der Waals surface area contributed by atoms with Crippen LogP contribution < -0.4 is 5.32 Å². The molecule has 0 radical (unpaired) electrons. The van der Waals surface area contributed by atoms with Crippen LogP contribution in [0.5, 0.6) is 0 Å². The molecule has 1 atom stereocenters. The second-order valence-electron chi connectivity index (χ2n) is 8.75. The number of amides is 2. The summed E-state index contributed by atoms with van der Waals surface area (Å²) in [5, 5.41) is 3.20. The van der Waals surface area contributed by atoms with Crippen LogP contribution in [-0.2, 0) is 9.59 Å². The molecule has 1 aliphatic carbocycles. The number of carbonyl (C=O) groups is 2. The van der Waals surface area contributed by atoms with E-state index in [9.17, 15) is 9.59 Å². The fourth-order valence-electron chi connectivity index (χ4n) is 4.52. The number of piperazine rings is 1. The molecule has 3 aliphatic rings. The van der Waals surface area contributed by atoms with E-state index in [4.69, 9.17) is 0 Å². The molecule has 27 heavy (non-hydrogen) atoms. The summed E-state index contributed by atoms with van der Waals surface area (Å²) in [6.45, 7) is 10.3. The molecule has 1 unspecified atom stereocenters. The standard InChI is InChI=1S/C21H38N4O2/c1-3-5-17(2)21(27)22-18-8-10-23(11-9-18)16-20(26)25-14-12-24(13-15-25)19-6-4-7-19/h17-19H,3-16H2,1-2H3,(H,22,27). The first kappa shape index (κ1) is 20.6. The van der Waals surface area contributed by atoms with Gasteiger partial charge in [0.1, 0.15) is 0 Å². The van der Waals surface area contributed by atoms with Gasteiger partial charge in [-0.15, -0.1) is 0 Å². The first-order valence-electron chi connectivity index (χ1n) is 11.1. The second kappa shape index (κ2) is 9.87. The monoisotopic (exact) mass is 378 g/mol. The fourth-order valence-corrected chi connectivity index (χ4v) is 4.52. The Kier molecular flexibility index (Phi) is 7.53. The fraction of sp³-hybridized carbons (Fsp3) is 0.905. The largest absolute Gasteiger partial charge is 0.353 e. The van der Waals surface area contributed by atoms with Crippen LogP contribution in [-0.4, -0.2) is 84.4 Å². The zero-order valence-corrected chi connectivity index (χ0v) is 17.3. The molecule has 2 amide bonds. The predicted molar refractivity (Wildman–Crippen MR) is 107 cm³/mol. The minimum Gasteiger partial charge on any atom is -0.353 e. The Morgan fingerprint density at radius 2 is 1.67 bits per heavy atom. The van der Waals surface area contributed by atoms with Gasteiger partial charge in [-0.25, -0.2) is 0 Å². The highest BCUT2D eigenvalue weighted by Crippen LogP contribution is 2.25. The summed E-state index contributed by atoms with van der Waals surface area (Å²) in [7, 11) is 0. The molecule has 1 N–H and O–H groups in total. The molecule has 6 nitrogen and oxygen atoms in total. The molecule has 0 aromatic rings. The molecule has 0 aromatic heterocycles. The van der Waals surface area contributed by atoms with E-state index in [1.807, 2.05) is 6.92 Å². The molecule has 0 spiro atoms. The Labute approximate surface area is 164 Å². The molecular formula is C21H38N4O2. The lowest BCUT2D eigenvalue weighted by Crippen LogP contribution is -2.55. The highest BCUT2D eigenvalue weighted by molar-refractivity contribution is 5.79. The second-order valence-corrected chi connectivity index (χ2v) is 8.75. The maximum Gasteiger partial charge on any atom is 0.236 e. The van der Waals surface area contributed by atoms with Crippen LogP contribution in [0.15, 0.2) is 0 Å². The van der Waals surface area contributed by atoms with E-state index in [1.54, 1.807) is 0 Å². The molecule has 0 bridgehead atoms. The number of likely N-dealkylation sites (tertiary alicyclic amines) is 1. The summed E-state index contributed by atoms with van der Waals surface area (Å²) >= 11 is 0. The SMILES string of the molecule is CCCC(C)C(=O)NC1CCN(CC(=O)N2CCN(C3CCC3)CC2)CC1. The van der Waals surface area contributed by atoms with Crippen molar-refractivity contribution in [3.05, 3.63) is 0 Å². The van der Waals surface area contributed by atoms with E-state index in [1.165, 1.54) is 19.3 Å². The Hall–Kier alpha value is -1.14. The van der Waals surface area contributed by atoms with Crippen molar-refractivity contribution in [3.8, 4) is 0 Å². The van der Waals surface area contributed by atoms with Gasteiger partial charge >= 0.3 is 0 Å². The number of carbonyl (C=O) groups excluding carboxylic acids is 2. The van der Waals surface area contributed by atoms with Crippen LogP contribution in [0.25, 0.3) is 0 Å². The van der Waals surface area contributed by atoms with E-state index in [2.05, 4.69) is 26.9 Å². The highest BCUT2D eigenvalue weighted by atomic mass is 16.2. The van der Waals surface area contributed by atoms with Gasteiger partial charge in [0.2, 0.25) is 11.8 Å². The third-order valence-electron chi connectivity index (χ3n) is 6.72. The van der Waals surface area contributed by atoms with Crippen LogP contribution in [0.4, 0.5) is 0 Å². The first-order chi connectivity index (χ1) is 13.1. The van der Waals surface area contributed by atoms with Gasteiger partial charge < -0.3 is 10.2 Å². The van der Waals surface area contributed by atoms with Crippen LogP contribution in [0, 0.1) is 5.92 Å². The number of nitrogens with one attached hydrogen (secondary N) is 1. The minimum absolute atomic E-state index is 0.105. The van der Waals surface area contributed by atoms with Crippen molar-refractivity contribution >= 4 is 11.8 Å². The number of nitrogens with zero attached hydrogens (tertiary/aromatic N) is 3. The van der Waals surface area contributed by atoms with Gasteiger partial charge in [-0.1, -0.05) is 26.7 Å². The molecule has 2 saturated heterocycles. The molecule has 2 aliphatic heterocycles. The first-order valence-corrected chi connectivity index (χ1v) is 11.1. The zero-order chi connectivity index (χ0) is 19.2. The Bertz CT molecular complexity index is 492. The minimum atomic E-state index is 0.105. The van der Waals surface area contributed by atoms with Crippen molar-refractivity contribution in [3.63, 3.8) is 0 Å². The van der Waals surface area contributed by atoms with Crippen molar-refractivity contribution in [1.82, 2.24) is 20.0 Å². The molecular weight excluding hydrogens is 340 g/mol. The van der Waals surface area contributed by atoms with Crippen molar-refractivity contribution in [2.24, 2.45) is 5.92 Å². The normalized spacial score (nSPS) is 24.4. The van der Waals surface area contributed by atoms with Crippen LogP contribution >= 0.6 is 0 Å². The van der Waals surface area contributed by atoms with Gasteiger partial charge in [0.25, 0.3) is 0 Å². The predicted octanol–water partition coefficient (Wildman–Crippen LogP) is 1.70. The lowest BCUT2D eigenvalue weighted by molar-refractivity contribution is -0.135. The van der Waals surface area contributed by atoms with Crippen LogP contribution in [0.1, 0.15) is 58.8 Å². The molecule has 2 heterocycles. The van der Waals surface area contributed by atoms with Gasteiger partial charge in [0.05, 0.1) is 6.54 Å². The average Bonchev–Trinajstić information content (AvgIpc) is 2.62. The summed E-state index contributed by atoms with van der Waals surface area (Å²) in [5.41, 5.74) is 0. The van der Waals surface area contributed by atoms with Gasteiger partial charge in [0, 0.05) is 57.3 Å². The molecule has 0 aromatic carbocycles. The van der Waals surface area contributed by atoms with Crippen molar-refractivity contribution in [2.75, 3.05) is 45.8 Å². The summed E-state index contributed by atoms with van der Waals surface area (Å²) in [6.07, 6.45) is 7.96. The summed E-state index contributed by atoms with van der Waals surface area (Å²) in [6, 6.07) is 1.06.